The van der Waals surface area contributed by atoms with E-state index >= 15 is 0 Å². The van der Waals surface area contributed by atoms with E-state index in [1.807, 2.05) is 6.92 Å². The van der Waals surface area contributed by atoms with Crippen LogP contribution in [0.4, 0.5) is 0 Å². The number of ether oxygens (including phenoxy) is 1. The molecule has 0 radical (unpaired) electrons. The van der Waals surface area contributed by atoms with Crippen molar-refractivity contribution in [1.82, 2.24) is 14.7 Å². The second-order valence-corrected chi connectivity index (χ2v) is 4.27. The Balaban J connectivity index is 2.12. The Labute approximate surface area is 100 Å². The summed E-state index contributed by atoms with van der Waals surface area (Å²) >= 11 is 0. The fourth-order valence-electron chi connectivity index (χ4n) is 2.02. The predicted octanol–water partition coefficient (Wildman–Crippen LogP) is -0.472. The molecule has 0 bridgehead atoms. The highest BCUT2D eigenvalue weighted by molar-refractivity contribution is 5.92. The molecule has 2 heterocycles. The quantitative estimate of drug-likeness (QED) is 0.756. The fourth-order valence-corrected chi connectivity index (χ4v) is 2.02. The first-order valence-electron chi connectivity index (χ1n) is 5.73. The minimum absolute atomic E-state index is 0.00477. The number of morpholine rings is 1. The van der Waals surface area contributed by atoms with Crippen molar-refractivity contribution in [1.29, 1.82) is 0 Å². The van der Waals surface area contributed by atoms with Crippen molar-refractivity contribution in [2.24, 2.45) is 12.8 Å². The topological polar surface area (TPSA) is 73.4 Å². The molecule has 6 nitrogen and oxygen atoms in total. The molecule has 1 aromatic heterocycles. The number of carbonyl (C=O) groups excluding carboxylic acids is 1. The summed E-state index contributed by atoms with van der Waals surface area (Å²) in [7, 11) is 1.78. The van der Waals surface area contributed by atoms with Gasteiger partial charge in [-0.2, -0.15) is 5.10 Å². The summed E-state index contributed by atoms with van der Waals surface area (Å²) in [6.45, 7) is 4.02. The lowest BCUT2D eigenvalue weighted by Crippen LogP contribution is -2.48. The largest absolute Gasteiger partial charge is 0.373 e. The lowest BCUT2D eigenvalue weighted by atomic mass is 10.2. The van der Waals surface area contributed by atoms with Crippen LogP contribution in [0.3, 0.4) is 0 Å². The molecule has 2 rings (SSSR count). The van der Waals surface area contributed by atoms with Crippen molar-refractivity contribution in [2.45, 2.75) is 13.0 Å². The van der Waals surface area contributed by atoms with E-state index in [0.717, 1.165) is 5.69 Å². The van der Waals surface area contributed by atoms with Crippen LogP contribution in [0.2, 0.25) is 0 Å². The maximum absolute atomic E-state index is 12.3. The molecule has 1 aromatic rings. The van der Waals surface area contributed by atoms with Crippen molar-refractivity contribution >= 4 is 5.91 Å². The third kappa shape index (κ3) is 2.48. The van der Waals surface area contributed by atoms with E-state index in [1.54, 1.807) is 22.7 Å². The van der Waals surface area contributed by atoms with E-state index in [2.05, 4.69) is 5.10 Å². The summed E-state index contributed by atoms with van der Waals surface area (Å²) < 4.78 is 7.05. The van der Waals surface area contributed by atoms with Gasteiger partial charge in [0, 0.05) is 26.7 Å². The molecule has 0 aliphatic carbocycles. The molecule has 1 fully saturated rings. The molecular formula is C11H18N4O2. The number of hydrogen-bond acceptors (Lipinski definition) is 4. The smallest absolute Gasteiger partial charge is 0.272 e. The molecule has 1 saturated heterocycles. The molecule has 1 aliphatic heterocycles. The Morgan fingerprint density at radius 1 is 1.71 bits per heavy atom. The molecule has 0 aromatic carbocycles. The van der Waals surface area contributed by atoms with E-state index in [-0.39, 0.29) is 12.0 Å². The zero-order valence-electron chi connectivity index (χ0n) is 10.2. The second kappa shape index (κ2) is 4.85. The van der Waals surface area contributed by atoms with Crippen LogP contribution in [-0.4, -0.2) is 52.9 Å². The Kier molecular flexibility index (Phi) is 3.44. The Morgan fingerprint density at radius 3 is 3.06 bits per heavy atom. The first kappa shape index (κ1) is 12.1. The zero-order chi connectivity index (χ0) is 12.4. The average Bonchev–Trinajstić information content (AvgIpc) is 2.67. The minimum Gasteiger partial charge on any atom is -0.373 e. The average molecular weight is 238 g/mol. The van der Waals surface area contributed by atoms with Gasteiger partial charge in [0.25, 0.3) is 5.91 Å². The van der Waals surface area contributed by atoms with Crippen LogP contribution >= 0.6 is 0 Å². The Hall–Kier alpha value is -1.40. The van der Waals surface area contributed by atoms with Gasteiger partial charge in [-0.25, -0.2) is 0 Å². The minimum atomic E-state index is -0.0537. The van der Waals surface area contributed by atoms with Gasteiger partial charge in [0.2, 0.25) is 0 Å². The van der Waals surface area contributed by atoms with Crippen LogP contribution in [0.5, 0.6) is 0 Å². The van der Waals surface area contributed by atoms with Gasteiger partial charge in [-0.15, -0.1) is 0 Å². The number of rotatable bonds is 2. The molecule has 0 saturated carbocycles. The lowest BCUT2D eigenvalue weighted by Gasteiger charge is -2.32. The highest BCUT2D eigenvalue weighted by Crippen LogP contribution is 2.10. The SMILES string of the molecule is Cc1cc(C(=O)N2CCOC(CN)C2)n(C)n1. The number of nitrogens with zero attached hydrogens (tertiary/aromatic N) is 3. The number of aryl methyl sites for hydroxylation is 2. The lowest BCUT2D eigenvalue weighted by molar-refractivity contribution is -0.0171. The van der Waals surface area contributed by atoms with Gasteiger partial charge in [0.1, 0.15) is 5.69 Å². The molecule has 94 valence electrons. The van der Waals surface area contributed by atoms with Crippen LogP contribution in [0.1, 0.15) is 16.2 Å². The van der Waals surface area contributed by atoms with Gasteiger partial charge < -0.3 is 15.4 Å². The van der Waals surface area contributed by atoms with Crippen LogP contribution in [0.15, 0.2) is 6.07 Å². The van der Waals surface area contributed by atoms with Gasteiger partial charge in [-0.05, 0) is 13.0 Å². The highest BCUT2D eigenvalue weighted by Gasteiger charge is 2.25. The molecule has 1 aliphatic rings. The normalized spacial score (nSPS) is 20.6. The van der Waals surface area contributed by atoms with E-state index in [9.17, 15) is 4.79 Å². The first-order chi connectivity index (χ1) is 8.11. The molecule has 1 amide bonds. The number of carbonyl (C=O) groups is 1. The van der Waals surface area contributed by atoms with E-state index < -0.39 is 0 Å². The fraction of sp³-hybridized carbons (Fsp3) is 0.636. The van der Waals surface area contributed by atoms with Crippen LogP contribution in [0.25, 0.3) is 0 Å². The second-order valence-electron chi connectivity index (χ2n) is 4.27. The number of amides is 1. The predicted molar refractivity (Wildman–Crippen MR) is 62.6 cm³/mol. The maximum Gasteiger partial charge on any atom is 0.272 e. The summed E-state index contributed by atoms with van der Waals surface area (Å²) in [5, 5.41) is 4.18. The van der Waals surface area contributed by atoms with Gasteiger partial charge in [-0.1, -0.05) is 0 Å². The molecule has 1 atom stereocenters. The standard InChI is InChI=1S/C11H18N4O2/c1-8-5-10(14(2)13-8)11(16)15-3-4-17-9(6-12)7-15/h5,9H,3-4,6-7,12H2,1-2H3. The van der Waals surface area contributed by atoms with Crippen LogP contribution < -0.4 is 5.73 Å². The number of hydrogen-bond donors (Lipinski definition) is 1. The highest BCUT2D eigenvalue weighted by atomic mass is 16.5. The van der Waals surface area contributed by atoms with E-state index in [4.69, 9.17) is 10.5 Å². The monoisotopic (exact) mass is 238 g/mol. The van der Waals surface area contributed by atoms with Crippen molar-refractivity contribution in [2.75, 3.05) is 26.2 Å². The third-order valence-corrected chi connectivity index (χ3v) is 2.91. The van der Waals surface area contributed by atoms with E-state index in [1.165, 1.54) is 0 Å². The molecule has 1 unspecified atom stereocenters. The Bertz CT molecular complexity index is 416. The van der Waals surface area contributed by atoms with Gasteiger partial charge in [0.05, 0.1) is 18.4 Å². The van der Waals surface area contributed by atoms with E-state index in [0.29, 0.717) is 31.9 Å². The molecule has 0 spiro atoms. The number of nitrogens with two attached hydrogens (primary N) is 1. The van der Waals surface area contributed by atoms with Crippen LogP contribution in [0, 0.1) is 6.92 Å². The summed E-state index contributed by atoms with van der Waals surface area (Å²) in [5.41, 5.74) is 7.02. The summed E-state index contributed by atoms with van der Waals surface area (Å²) in [6.07, 6.45) is -0.0537. The summed E-state index contributed by atoms with van der Waals surface area (Å²) in [6, 6.07) is 1.80. The number of aromatic nitrogens is 2. The Morgan fingerprint density at radius 2 is 2.47 bits per heavy atom. The van der Waals surface area contributed by atoms with Crippen molar-refractivity contribution in [3.63, 3.8) is 0 Å². The van der Waals surface area contributed by atoms with Crippen molar-refractivity contribution in [3.05, 3.63) is 17.5 Å². The molecule has 6 heteroatoms. The maximum atomic E-state index is 12.3. The summed E-state index contributed by atoms with van der Waals surface area (Å²) in [4.78, 5) is 14.0. The molecule has 2 N–H and O–H groups in total. The van der Waals surface area contributed by atoms with Crippen molar-refractivity contribution in [3.8, 4) is 0 Å². The van der Waals surface area contributed by atoms with Crippen LogP contribution in [-0.2, 0) is 11.8 Å². The van der Waals surface area contributed by atoms with Gasteiger partial charge in [-0.3, -0.25) is 9.48 Å². The third-order valence-electron chi connectivity index (χ3n) is 2.91. The summed E-state index contributed by atoms with van der Waals surface area (Å²) in [5.74, 6) is -0.00477. The van der Waals surface area contributed by atoms with Gasteiger partial charge in [0.15, 0.2) is 0 Å². The zero-order valence-corrected chi connectivity index (χ0v) is 10.2. The molecule has 17 heavy (non-hydrogen) atoms. The van der Waals surface area contributed by atoms with Crippen molar-refractivity contribution < 1.29 is 9.53 Å². The molecular weight excluding hydrogens is 220 g/mol. The first-order valence-corrected chi connectivity index (χ1v) is 5.73. The van der Waals surface area contributed by atoms with Gasteiger partial charge >= 0.3 is 0 Å².